The van der Waals surface area contributed by atoms with Gasteiger partial charge in [0.1, 0.15) is 0 Å². The Balaban J connectivity index is 0.00000161. The van der Waals surface area contributed by atoms with Gasteiger partial charge in [-0.3, -0.25) is 4.90 Å². The summed E-state index contributed by atoms with van der Waals surface area (Å²) < 4.78 is 37.6. The standard InChI is InChI=1S/C13H18F3N3S.ClH/c14-13(15,16)11-18-7-10(20-11)8-19-6-3-12(9-19)1-4-17-5-2-12;/h7,17H,1-6,8-9H2;1H. The fourth-order valence-corrected chi connectivity index (χ4v) is 4.08. The van der Waals surface area contributed by atoms with Crippen molar-refractivity contribution >= 4 is 23.7 Å². The molecular formula is C13H19ClF3N3S. The van der Waals surface area contributed by atoms with Crippen LogP contribution in [0.15, 0.2) is 6.20 Å². The topological polar surface area (TPSA) is 28.2 Å². The van der Waals surface area contributed by atoms with Crippen LogP contribution in [-0.4, -0.2) is 36.1 Å². The first-order valence-corrected chi connectivity index (χ1v) is 7.74. The van der Waals surface area contributed by atoms with Crippen LogP contribution in [0.3, 0.4) is 0 Å². The highest BCUT2D eigenvalue weighted by Gasteiger charge is 2.39. The summed E-state index contributed by atoms with van der Waals surface area (Å²) in [7, 11) is 0. The molecule has 0 aliphatic carbocycles. The minimum Gasteiger partial charge on any atom is -0.317 e. The highest BCUT2D eigenvalue weighted by atomic mass is 35.5. The summed E-state index contributed by atoms with van der Waals surface area (Å²) in [4.78, 5) is 6.48. The molecule has 3 heterocycles. The zero-order chi connectivity index (χ0) is 14.2. The lowest BCUT2D eigenvalue weighted by Gasteiger charge is -2.33. The first-order valence-electron chi connectivity index (χ1n) is 6.92. The van der Waals surface area contributed by atoms with Crippen molar-refractivity contribution in [3.63, 3.8) is 0 Å². The normalized spacial score (nSPS) is 22.4. The van der Waals surface area contributed by atoms with Gasteiger partial charge in [-0.05, 0) is 44.3 Å². The summed E-state index contributed by atoms with van der Waals surface area (Å²) >= 11 is 0.772. The molecule has 3 rings (SSSR count). The molecule has 8 heteroatoms. The van der Waals surface area contributed by atoms with Crippen LogP contribution in [0.5, 0.6) is 0 Å². The maximum Gasteiger partial charge on any atom is 0.443 e. The maximum atomic E-state index is 12.5. The van der Waals surface area contributed by atoms with E-state index < -0.39 is 11.2 Å². The van der Waals surface area contributed by atoms with Crippen LogP contribution in [0.2, 0.25) is 0 Å². The van der Waals surface area contributed by atoms with Crippen molar-refractivity contribution in [2.45, 2.75) is 32.0 Å². The number of likely N-dealkylation sites (tertiary alicyclic amines) is 1. The molecule has 2 aliphatic heterocycles. The van der Waals surface area contributed by atoms with Crippen molar-refractivity contribution in [1.29, 1.82) is 0 Å². The molecule has 1 N–H and O–H groups in total. The Morgan fingerprint density at radius 1 is 1.29 bits per heavy atom. The molecule has 1 aromatic rings. The highest BCUT2D eigenvalue weighted by Crippen LogP contribution is 2.39. The average Bonchev–Trinajstić information content (AvgIpc) is 2.99. The number of nitrogens with one attached hydrogen (secondary N) is 1. The second-order valence-electron chi connectivity index (χ2n) is 5.84. The third kappa shape index (κ3) is 3.88. The minimum atomic E-state index is -4.32. The summed E-state index contributed by atoms with van der Waals surface area (Å²) in [6, 6.07) is 0. The molecule has 0 radical (unpaired) electrons. The fraction of sp³-hybridized carbons (Fsp3) is 0.769. The largest absolute Gasteiger partial charge is 0.443 e. The van der Waals surface area contributed by atoms with Crippen molar-refractivity contribution < 1.29 is 13.2 Å². The smallest absolute Gasteiger partial charge is 0.317 e. The van der Waals surface area contributed by atoms with E-state index in [-0.39, 0.29) is 12.4 Å². The number of piperidine rings is 1. The predicted octanol–water partition coefficient (Wildman–Crippen LogP) is 3.16. The molecule has 2 aliphatic rings. The summed E-state index contributed by atoms with van der Waals surface area (Å²) in [5, 5.41) is 2.64. The van der Waals surface area contributed by atoms with E-state index >= 15 is 0 Å². The number of thiazole rings is 1. The van der Waals surface area contributed by atoms with Crippen molar-refractivity contribution in [2.24, 2.45) is 5.41 Å². The van der Waals surface area contributed by atoms with E-state index in [2.05, 4.69) is 15.2 Å². The molecule has 1 spiro atoms. The van der Waals surface area contributed by atoms with Crippen LogP contribution in [0.1, 0.15) is 29.1 Å². The van der Waals surface area contributed by atoms with E-state index in [9.17, 15) is 13.2 Å². The molecular weight excluding hydrogens is 323 g/mol. The number of halogens is 4. The zero-order valence-corrected chi connectivity index (χ0v) is 13.2. The van der Waals surface area contributed by atoms with Crippen molar-refractivity contribution in [2.75, 3.05) is 26.2 Å². The molecule has 0 bridgehead atoms. The quantitative estimate of drug-likeness (QED) is 0.895. The van der Waals surface area contributed by atoms with Gasteiger partial charge in [0, 0.05) is 24.2 Å². The number of alkyl halides is 3. The van der Waals surface area contributed by atoms with E-state index in [4.69, 9.17) is 0 Å². The third-order valence-corrected chi connectivity index (χ3v) is 5.38. The molecule has 0 saturated carbocycles. The van der Waals surface area contributed by atoms with E-state index in [0.29, 0.717) is 16.8 Å². The van der Waals surface area contributed by atoms with E-state index in [0.717, 1.165) is 37.5 Å². The summed E-state index contributed by atoms with van der Waals surface area (Å²) in [6.45, 7) is 4.72. The predicted molar refractivity (Wildman–Crippen MR) is 78.8 cm³/mol. The van der Waals surface area contributed by atoms with Crippen LogP contribution in [0.4, 0.5) is 13.2 Å². The van der Waals surface area contributed by atoms with Gasteiger partial charge in [-0.2, -0.15) is 13.2 Å². The second-order valence-corrected chi connectivity index (χ2v) is 6.96. The van der Waals surface area contributed by atoms with E-state index in [1.807, 2.05) is 0 Å². The summed E-state index contributed by atoms with van der Waals surface area (Å²) in [5.74, 6) is 0. The number of nitrogens with zero attached hydrogens (tertiary/aromatic N) is 2. The Morgan fingerprint density at radius 2 is 2.00 bits per heavy atom. The lowest BCUT2D eigenvalue weighted by molar-refractivity contribution is -0.137. The van der Waals surface area contributed by atoms with Gasteiger partial charge >= 0.3 is 6.18 Å². The van der Waals surface area contributed by atoms with E-state index in [1.165, 1.54) is 25.5 Å². The van der Waals surface area contributed by atoms with Crippen molar-refractivity contribution in [3.8, 4) is 0 Å². The first kappa shape index (κ1) is 17.0. The van der Waals surface area contributed by atoms with Gasteiger partial charge in [0.05, 0.1) is 0 Å². The van der Waals surface area contributed by atoms with Gasteiger partial charge in [0.15, 0.2) is 5.01 Å². The lowest BCUT2D eigenvalue weighted by atomic mass is 9.78. The summed E-state index contributed by atoms with van der Waals surface area (Å²) in [6.07, 6.45) is 0.588. The van der Waals surface area contributed by atoms with Crippen LogP contribution in [-0.2, 0) is 12.7 Å². The summed E-state index contributed by atoms with van der Waals surface area (Å²) in [5.41, 5.74) is 0.392. The average molecular weight is 342 g/mol. The Morgan fingerprint density at radius 3 is 2.62 bits per heavy atom. The number of hydrogen-bond acceptors (Lipinski definition) is 4. The Bertz CT molecular complexity index is 471. The van der Waals surface area contributed by atoms with Crippen molar-refractivity contribution in [1.82, 2.24) is 15.2 Å². The molecule has 2 fully saturated rings. The SMILES string of the molecule is Cl.FC(F)(F)c1ncc(CN2CCC3(CCNCC3)C2)s1. The lowest BCUT2D eigenvalue weighted by Crippen LogP contribution is -2.38. The molecule has 21 heavy (non-hydrogen) atoms. The van der Waals surface area contributed by atoms with Gasteiger partial charge in [-0.25, -0.2) is 4.98 Å². The number of hydrogen-bond donors (Lipinski definition) is 1. The number of aromatic nitrogens is 1. The molecule has 0 atom stereocenters. The maximum absolute atomic E-state index is 12.5. The van der Waals surface area contributed by atoms with Gasteiger partial charge in [0.25, 0.3) is 0 Å². The van der Waals surface area contributed by atoms with Crippen LogP contribution in [0.25, 0.3) is 0 Å². The number of rotatable bonds is 2. The first-order chi connectivity index (χ1) is 9.47. The van der Waals surface area contributed by atoms with E-state index in [1.54, 1.807) is 0 Å². The van der Waals surface area contributed by atoms with Gasteiger partial charge in [0.2, 0.25) is 0 Å². The Hall–Kier alpha value is -0.370. The van der Waals surface area contributed by atoms with Gasteiger partial charge < -0.3 is 5.32 Å². The minimum absolute atomic E-state index is 0. The fourth-order valence-electron chi connectivity index (χ4n) is 3.26. The van der Waals surface area contributed by atoms with Gasteiger partial charge in [-0.15, -0.1) is 23.7 Å². The highest BCUT2D eigenvalue weighted by molar-refractivity contribution is 7.11. The van der Waals surface area contributed by atoms with Crippen LogP contribution in [0, 0.1) is 5.41 Å². The Labute approximate surface area is 132 Å². The molecule has 0 aromatic carbocycles. The zero-order valence-electron chi connectivity index (χ0n) is 11.6. The molecule has 120 valence electrons. The molecule has 3 nitrogen and oxygen atoms in total. The van der Waals surface area contributed by atoms with Crippen molar-refractivity contribution in [3.05, 3.63) is 16.1 Å². The Kier molecular flexibility index (Phi) is 5.18. The van der Waals surface area contributed by atoms with Crippen LogP contribution < -0.4 is 5.32 Å². The molecule has 2 saturated heterocycles. The molecule has 0 unspecified atom stereocenters. The van der Waals surface area contributed by atoms with Gasteiger partial charge in [-0.1, -0.05) is 0 Å². The molecule has 0 amide bonds. The van der Waals surface area contributed by atoms with Crippen LogP contribution >= 0.6 is 23.7 Å². The second kappa shape index (κ2) is 6.40. The molecule has 1 aromatic heterocycles. The third-order valence-electron chi connectivity index (χ3n) is 4.36. The monoisotopic (exact) mass is 341 g/mol.